The summed E-state index contributed by atoms with van der Waals surface area (Å²) in [5.41, 5.74) is 0.899. The third kappa shape index (κ3) is 5.29. The van der Waals surface area contributed by atoms with Crippen molar-refractivity contribution in [3.05, 3.63) is 35.9 Å². The van der Waals surface area contributed by atoms with Crippen molar-refractivity contribution in [3.63, 3.8) is 0 Å². The molecule has 0 unspecified atom stereocenters. The molecule has 0 aromatic heterocycles. The summed E-state index contributed by atoms with van der Waals surface area (Å²) in [6, 6.07) is 10.6. The molecule has 2 aliphatic heterocycles. The van der Waals surface area contributed by atoms with E-state index in [-0.39, 0.29) is 30.2 Å². The fourth-order valence-corrected chi connectivity index (χ4v) is 6.08. The number of cyclic esters (lactones) is 1. The summed E-state index contributed by atoms with van der Waals surface area (Å²) in [6.45, 7) is 6.25. The summed E-state index contributed by atoms with van der Waals surface area (Å²) in [5, 5.41) is 6.04. The second-order valence-electron chi connectivity index (χ2n) is 9.82. The van der Waals surface area contributed by atoms with Crippen molar-refractivity contribution >= 4 is 12.1 Å². The highest BCUT2D eigenvalue weighted by Gasteiger charge is 2.54. The minimum Gasteiger partial charge on any atom is -0.447 e. The molecule has 0 bridgehead atoms. The zero-order valence-electron chi connectivity index (χ0n) is 20.1. The summed E-state index contributed by atoms with van der Waals surface area (Å²) < 4.78 is 11.8. The molecule has 2 heterocycles. The minimum absolute atomic E-state index is 0.0652. The lowest BCUT2D eigenvalue weighted by Gasteiger charge is -2.50. The Kier molecular flexibility index (Phi) is 7.78. The molecule has 1 aromatic rings. The van der Waals surface area contributed by atoms with Gasteiger partial charge in [0.1, 0.15) is 6.61 Å². The predicted molar refractivity (Wildman–Crippen MR) is 127 cm³/mol. The molecule has 7 nitrogen and oxygen atoms in total. The quantitative estimate of drug-likeness (QED) is 0.635. The standard InChI is InChI=1S/C26H39N3O4/c1-3-19(17-32-22-13-11-21(12-14-22)20-9-6-5-7-10-20)23-26(18-33-25(31)28-26)15-8-16-29(23)24(30)27-4-2/h5-7,9-10,19,21-23H,3-4,8,11-18H2,1-2H3,(H,27,30)(H,28,31)/t19-,21?,22?,23+,26-/m1/s1. The molecular formula is C26H39N3O4. The average molecular weight is 458 g/mol. The van der Waals surface area contributed by atoms with Crippen LogP contribution < -0.4 is 10.6 Å². The first-order chi connectivity index (χ1) is 16.1. The molecule has 1 aromatic carbocycles. The molecule has 3 aliphatic rings. The molecule has 3 amide bonds. The van der Waals surface area contributed by atoms with Gasteiger partial charge in [0.25, 0.3) is 0 Å². The highest BCUT2D eigenvalue weighted by molar-refractivity contribution is 5.76. The summed E-state index contributed by atoms with van der Waals surface area (Å²) in [5.74, 6) is 0.746. The van der Waals surface area contributed by atoms with Crippen LogP contribution in [0.5, 0.6) is 0 Å². The molecule has 1 saturated carbocycles. The lowest BCUT2D eigenvalue weighted by Crippen LogP contribution is -2.68. The van der Waals surface area contributed by atoms with Crippen LogP contribution in [0.3, 0.4) is 0 Å². The number of nitrogens with one attached hydrogen (secondary N) is 2. The van der Waals surface area contributed by atoms with E-state index < -0.39 is 5.54 Å². The summed E-state index contributed by atoms with van der Waals surface area (Å²) in [7, 11) is 0. The summed E-state index contributed by atoms with van der Waals surface area (Å²) in [4.78, 5) is 26.9. The van der Waals surface area contributed by atoms with Gasteiger partial charge in [0.2, 0.25) is 0 Å². The number of alkyl carbamates (subject to hydrolysis) is 1. The van der Waals surface area contributed by atoms with Crippen LogP contribution in [0, 0.1) is 5.92 Å². The Morgan fingerprint density at radius 3 is 2.64 bits per heavy atom. The Balaban J connectivity index is 1.41. The maximum absolute atomic E-state index is 12.9. The number of likely N-dealkylation sites (tertiary alicyclic amines) is 1. The number of hydrogen-bond donors (Lipinski definition) is 2. The first-order valence-corrected chi connectivity index (χ1v) is 12.7. The molecule has 7 heteroatoms. The predicted octanol–water partition coefficient (Wildman–Crippen LogP) is 4.43. The lowest BCUT2D eigenvalue weighted by atomic mass is 9.75. The normalized spacial score (nSPS) is 30.5. The fourth-order valence-electron chi connectivity index (χ4n) is 6.08. The molecule has 4 rings (SSSR count). The molecule has 1 aliphatic carbocycles. The lowest BCUT2D eigenvalue weighted by molar-refractivity contribution is -0.0375. The van der Waals surface area contributed by atoms with Crippen molar-refractivity contribution in [3.8, 4) is 0 Å². The van der Waals surface area contributed by atoms with E-state index >= 15 is 0 Å². The SMILES string of the molecule is CCNC(=O)N1CCC[C@@]2(COC(=O)N2)[C@@H]1[C@H](CC)COC1CCC(c2ccccc2)CC1. The van der Waals surface area contributed by atoms with Crippen LogP contribution in [-0.4, -0.2) is 61.0 Å². The van der Waals surface area contributed by atoms with E-state index in [9.17, 15) is 9.59 Å². The van der Waals surface area contributed by atoms with E-state index in [0.717, 1.165) is 44.9 Å². The first kappa shape index (κ1) is 23.9. The average Bonchev–Trinajstić information content (AvgIpc) is 3.21. The Bertz CT molecular complexity index is 796. The van der Waals surface area contributed by atoms with Crippen LogP contribution >= 0.6 is 0 Å². The van der Waals surface area contributed by atoms with Crippen LogP contribution in [-0.2, 0) is 9.47 Å². The van der Waals surface area contributed by atoms with E-state index in [4.69, 9.17) is 9.47 Å². The first-order valence-electron chi connectivity index (χ1n) is 12.7. The van der Waals surface area contributed by atoms with Gasteiger partial charge < -0.3 is 25.0 Å². The van der Waals surface area contributed by atoms with Crippen molar-refractivity contribution in [2.75, 3.05) is 26.3 Å². The number of urea groups is 1. The second kappa shape index (κ2) is 10.8. The Labute approximate surface area is 197 Å². The smallest absolute Gasteiger partial charge is 0.407 e. The van der Waals surface area contributed by atoms with Gasteiger partial charge >= 0.3 is 12.1 Å². The molecule has 2 saturated heterocycles. The van der Waals surface area contributed by atoms with Gasteiger partial charge in [-0.05, 0) is 63.4 Å². The Hall–Kier alpha value is -2.28. The van der Waals surface area contributed by atoms with Crippen molar-refractivity contribution in [2.45, 2.75) is 82.4 Å². The maximum atomic E-state index is 12.9. The van der Waals surface area contributed by atoms with Gasteiger partial charge in [-0.1, -0.05) is 37.3 Å². The number of hydrogen-bond acceptors (Lipinski definition) is 4. The summed E-state index contributed by atoms with van der Waals surface area (Å²) in [6.07, 6.45) is 6.82. The number of nitrogens with zero attached hydrogens (tertiary/aromatic N) is 1. The number of carbonyl (C=O) groups is 2. The Morgan fingerprint density at radius 1 is 1.24 bits per heavy atom. The number of benzene rings is 1. The van der Waals surface area contributed by atoms with E-state index in [1.165, 1.54) is 5.56 Å². The molecular weight excluding hydrogens is 418 g/mol. The third-order valence-corrected chi connectivity index (χ3v) is 7.79. The molecule has 3 atom stereocenters. The van der Waals surface area contributed by atoms with Crippen molar-refractivity contribution in [1.29, 1.82) is 0 Å². The van der Waals surface area contributed by atoms with Crippen LogP contribution in [0.15, 0.2) is 30.3 Å². The minimum atomic E-state index is -0.532. The highest BCUT2D eigenvalue weighted by Crippen LogP contribution is 2.38. The number of rotatable bonds is 7. The number of amides is 3. The van der Waals surface area contributed by atoms with Crippen molar-refractivity contribution < 1.29 is 19.1 Å². The van der Waals surface area contributed by atoms with Crippen LogP contribution in [0.2, 0.25) is 0 Å². The molecule has 3 fully saturated rings. The number of piperidine rings is 1. The number of carbonyl (C=O) groups excluding carboxylic acids is 2. The topological polar surface area (TPSA) is 79.9 Å². The molecule has 2 N–H and O–H groups in total. The van der Waals surface area contributed by atoms with Gasteiger partial charge in [0.05, 0.1) is 24.3 Å². The fraction of sp³-hybridized carbons (Fsp3) is 0.692. The van der Waals surface area contributed by atoms with Gasteiger partial charge in [0.15, 0.2) is 0 Å². The number of ether oxygens (including phenoxy) is 2. The molecule has 0 radical (unpaired) electrons. The van der Waals surface area contributed by atoms with E-state index in [1.807, 2.05) is 11.8 Å². The van der Waals surface area contributed by atoms with Gasteiger partial charge in [-0.15, -0.1) is 0 Å². The third-order valence-electron chi connectivity index (χ3n) is 7.79. The van der Waals surface area contributed by atoms with Crippen LogP contribution in [0.25, 0.3) is 0 Å². The van der Waals surface area contributed by atoms with Gasteiger partial charge in [-0.3, -0.25) is 0 Å². The highest BCUT2D eigenvalue weighted by atomic mass is 16.6. The largest absolute Gasteiger partial charge is 0.447 e. The van der Waals surface area contributed by atoms with E-state index in [0.29, 0.717) is 32.2 Å². The second-order valence-corrected chi connectivity index (χ2v) is 9.82. The molecule has 33 heavy (non-hydrogen) atoms. The van der Waals surface area contributed by atoms with Gasteiger partial charge in [-0.2, -0.15) is 0 Å². The van der Waals surface area contributed by atoms with Gasteiger partial charge in [-0.25, -0.2) is 9.59 Å². The van der Waals surface area contributed by atoms with Crippen molar-refractivity contribution in [1.82, 2.24) is 15.5 Å². The van der Waals surface area contributed by atoms with Gasteiger partial charge in [0, 0.05) is 19.0 Å². The summed E-state index contributed by atoms with van der Waals surface area (Å²) >= 11 is 0. The monoisotopic (exact) mass is 457 g/mol. The Morgan fingerprint density at radius 2 is 2.00 bits per heavy atom. The zero-order valence-corrected chi connectivity index (χ0v) is 20.1. The maximum Gasteiger partial charge on any atom is 0.407 e. The van der Waals surface area contributed by atoms with Crippen molar-refractivity contribution in [2.24, 2.45) is 5.92 Å². The van der Waals surface area contributed by atoms with Crippen LogP contribution in [0.1, 0.15) is 70.3 Å². The van der Waals surface area contributed by atoms with E-state index in [2.05, 4.69) is 47.9 Å². The zero-order chi connectivity index (χ0) is 23.3. The van der Waals surface area contributed by atoms with E-state index in [1.54, 1.807) is 0 Å². The molecule has 182 valence electrons. The molecule has 1 spiro atoms. The van der Waals surface area contributed by atoms with Crippen LogP contribution in [0.4, 0.5) is 9.59 Å².